The molecule has 1 amide bonds. The van der Waals surface area contributed by atoms with Crippen molar-refractivity contribution in [3.05, 3.63) is 65.2 Å². The second-order valence-corrected chi connectivity index (χ2v) is 9.44. The minimum atomic E-state index is -0.759. The van der Waals surface area contributed by atoms with E-state index in [0.717, 1.165) is 25.7 Å². The highest BCUT2D eigenvalue weighted by molar-refractivity contribution is 7.22. The van der Waals surface area contributed by atoms with Gasteiger partial charge in [-0.15, -0.1) is 0 Å². The number of carbonyl (C=O) groups excluding carboxylic acids is 2. The molecule has 2 aliphatic heterocycles. The average molecular weight is 450 g/mol. The predicted octanol–water partition coefficient (Wildman–Crippen LogP) is 4.64. The number of thiazole rings is 1. The Morgan fingerprint density at radius 3 is 2.81 bits per heavy atom. The van der Waals surface area contributed by atoms with Gasteiger partial charge in [-0.2, -0.15) is 0 Å². The first kappa shape index (κ1) is 19.4. The summed E-state index contributed by atoms with van der Waals surface area (Å²) in [6.07, 6.45) is 3.12. The predicted molar refractivity (Wildman–Crippen MR) is 117 cm³/mol. The van der Waals surface area contributed by atoms with E-state index in [1.54, 1.807) is 24.3 Å². The Morgan fingerprint density at radius 2 is 1.97 bits per heavy atom. The van der Waals surface area contributed by atoms with Crippen LogP contribution >= 0.6 is 11.3 Å². The Hall–Kier alpha value is -3.26. The van der Waals surface area contributed by atoms with Crippen molar-refractivity contribution in [2.24, 2.45) is 5.92 Å². The lowest BCUT2D eigenvalue weighted by molar-refractivity contribution is -0.131. The van der Waals surface area contributed by atoms with Crippen molar-refractivity contribution in [1.82, 2.24) is 4.98 Å². The van der Waals surface area contributed by atoms with Gasteiger partial charge in [0.25, 0.3) is 5.91 Å². The second kappa shape index (κ2) is 7.13. The molecule has 3 unspecified atom stereocenters. The molecule has 1 fully saturated rings. The van der Waals surface area contributed by atoms with Crippen molar-refractivity contribution >= 4 is 38.4 Å². The van der Waals surface area contributed by atoms with Crippen LogP contribution in [-0.2, 0) is 14.3 Å². The van der Waals surface area contributed by atoms with E-state index in [9.17, 15) is 19.1 Å². The third-order valence-electron chi connectivity index (χ3n) is 6.49. The van der Waals surface area contributed by atoms with Crippen molar-refractivity contribution in [3.8, 4) is 5.75 Å². The van der Waals surface area contributed by atoms with Gasteiger partial charge in [0.05, 0.1) is 27.7 Å². The van der Waals surface area contributed by atoms with E-state index in [1.165, 1.54) is 34.4 Å². The largest absolute Gasteiger partial charge is 0.508 e. The summed E-state index contributed by atoms with van der Waals surface area (Å²) in [7, 11) is 0. The van der Waals surface area contributed by atoms with E-state index in [0.29, 0.717) is 26.5 Å². The van der Waals surface area contributed by atoms with Crippen LogP contribution in [0, 0.1) is 11.7 Å². The molecule has 0 saturated heterocycles. The van der Waals surface area contributed by atoms with Crippen LogP contribution in [0.5, 0.6) is 5.75 Å². The smallest absolute Gasteiger partial charge is 0.296 e. The molecule has 6 rings (SSSR count). The molecule has 1 aromatic heterocycles. The number of Topliss-reactive ketones (excluding diaryl/α,β-unsaturated/α-hetero) is 1. The molecule has 3 heterocycles. The first-order valence-electron chi connectivity index (χ1n) is 10.6. The van der Waals surface area contributed by atoms with E-state index < -0.39 is 11.9 Å². The number of nitrogens with zero attached hydrogens (tertiary/aromatic N) is 2. The van der Waals surface area contributed by atoms with E-state index >= 15 is 0 Å². The maximum atomic E-state index is 13.7. The van der Waals surface area contributed by atoms with Crippen LogP contribution in [0.2, 0.25) is 0 Å². The van der Waals surface area contributed by atoms with Gasteiger partial charge in [-0.1, -0.05) is 29.9 Å². The number of phenols is 1. The SMILES string of the molecule is O=C1C2=C(OC3CCCCC13)C(=O)N(c1nc3ccc(F)cc3s1)C2c1cccc(O)c1. The lowest BCUT2D eigenvalue weighted by Gasteiger charge is -2.35. The van der Waals surface area contributed by atoms with Gasteiger partial charge in [-0.25, -0.2) is 9.37 Å². The molecular formula is C24H19FN2O4S. The molecule has 6 nitrogen and oxygen atoms in total. The Bertz CT molecular complexity index is 1320. The van der Waals surface area contributed by atoms with Gasteiger partial charge in [0, 0.05) is 0 Å². The quantitative estimate of drug-likeness (QED) is 0.615. The molecular weight excluding hydrogens is 431 g/mol. The first-order valence-corrected chi connectivity index (χ1v) is 11.5. The standard InChI is InChI=1S/C24H19FN2O4S/c25-13-8-9-16-18(11-13)32-24(26-16)27-20(12-4-3-5-14(28)10-12)19-21(29)15-6-1-2-7-17(15)31-22(19)23(27)30/h3-5,8-11,15,17,20,28H,1-2,6-7H2. The number of anilines is 1. The Kier molecular flexibility index (Phi) is 4.33. The minimum Gasteiger partial charge on any atom is -0.508 e. The molecule has 32 heavy (non-hydrogen) atoms. The summed E-state index contributed by atoms with van der Waals surface area (Å²) in [6, 6.07) is 10.0. The maximum Gasteiger partial charge on any atom is 0.296 e. The number of aromatic nitrogens is 1. The number of rotatable bonds is 2. The number of aromatic hydroxyl groups is 1. The van der Waals surface area contributed by atoms with Gasteiger partial charge in [0.1, 0.15) is 17.7 Å². The molecule has 2 aromatic carbocycles. The van der Waals surface area contributed by atoms with Crippen molar-refractivity contribution < 1.29 is 23.8 Å². The van der Waals surface area contributed by atoms with Crippen LogP contribution in [-0.4, -0.2) is 27.9 Å². The summed E-state index contributed by atoms with van der Waals surface area (Å²) < 4.78 is 20.5. The zero-order valence-corrected chi connectivity index (χ0v) is 17.8. The van der Waals surface area contributed by atoms with Crippen LogP contribution in [0.15, 0.2) is 53.8 Å². The lowest BCUT2D eigenvalue weighted by Crippen LogP contribution is -2.39. The number of hydrogen-bond donors (Lipinski definition) is 1. The normalized spacial score (nSPS) is 25.2. The number of ether oxygens (including phenoxy) is 1. The zero-order chi connectivity index (χ0) is 22.0. The molecule has 8 heteroatoms. The molecule has 0 radical (unpaired) electrons. The van der Waals surface area contributed by atoms with E-state index in [1.807, 2.05) is 0 Å². The number of phenolic OH excluding ortho intramolecular Hbond substituents is 1. The van der Waals surface area contributed by atoms with Gasteiger partial charge in [0.2, 0.25) is 0 Å². The van der Waals surface area contributed by atoms with Crippen molar-refractivity contribution in [2.45, 2.75) is 37.8 Å². The minimum absolute atomic E-state index is 0.0371. The van der Waals surface area contributed by atoms with E-state index in [-0.39, 0.29) is 35.1 Å². The Labute approximate surface area is 186 Å². The average Bonchev–Trinajstić information content (AvgIpc) is 3.32. The molecule has 0 bridgehead atoms. The summed E-state index contributed by atoms with van der Waals surface area (Å²) >= 11 is 1.19. The van der Waals surface area contributed by atoms with Crippen molar-refractivity contribution in [3.63, 3.8) is 0 Å². The lowest BCUT2D eigenvalue weighted by atomic mass is 9.77. The summed E-state index contributed by atoms with van der Waals surface area (Å²) in [6.45, 7) is 0. The molecule has 1 saturated carbocycles. The maximum absolute atomic E-state index is 13.7. The summed E-state index contributed by atoms with van der Waals surface area (Å²) in [5.74, 6) is -1.02. The van der Waals surface area contributed by atoms with Crippen molar-refractivity contribution in [1.29, 1.82) is 0 Å². The van der Waals surface area contributed by atoms with Gasteiger partial charge in [0.15, 0.2) is 16.7 Å². The number of carbonyl (C=O) groups is 2. The number of halogens is 1. The number of amides is 1. The number of benzene rings is 2. The second-order valence-electron chi connectivity index (χ2n) is 8.44. The highest BCUT2D eigenvalue weighted by atomic mass is 32.1. The highest BCUT2D eigenvalue weighted by Crippen LogP contribution is 2.49. The fourth-order valence-corrected chi connectivity index (χ4v) is 6.06. The van der Waals surface area contributed by atoms with Crippen LogP contribution in [0.1, 0.15) is 37.3 Å². The van der Waals surface area contributed by atoms with Crippen LogP contribution < -0.4 is 4.90 Å². The molecule has 3 aromatic rings. The molecule has 1 aliphatic carbocycles. The Balaban J connectivity index is 1.52. The number of fused-ring (bicyclic) bond motifs is 2. The number of ketones is 1. The summed E-state index contributed by atoms with van der Waals surface area (Å²) in [5.41, 5.74) is 1.49. The van der Waals surface area contributed by atoms with E-state index in [2.05, 4.69) is 4.98 Å². The van der Waals surface area contributed by atoms with Crippen LogP contribution in [0.4, 0.5) is 9.52 Å². The third-order valence-corrected chi connectivity index (χ3v) is 7.51. The Morgan fingerprint density at radius 1 is 1.12 bits per heavy atom. The molecule has 1 N–H and O–H groups in total. The van der Waals surface area contributed by atoms with Gasteiger partial charge < -0.3 is 9.84 Å². The van der Waals surface area contributed by atoms with Gasteiger partial charge in [-0.05, 0) is 55.2 Å². The number of hydrogen-bond acceptors (Lipinski definition) is 6. The summed E-state index contributed by atoms with van der Waals surface area (Å²) in [5, 5.41) is 10.5. The highest BCUT2D eigenvalue weighted by Gasteiger charge is 2.53. The summed E-state index contributed by atoms with van der Waals surface area (Å²) in [4.78, 5) is 33.2. The molecule has 0 spiro atoms. The first-order chi connectivity index (χ1) is 15.5. The fourth-order valence-electron chi connectivity index (χ4n) is 5.04. The van der Waals surface area contributed by atoms with Crippen LogP contribution in [0.25, 0.3) is 10.2 Å². The topological polar surface area (TPSA) is 79.7 Å². The molecule has 3 atom stereocenters. The van der Waals surface area contributed by atoms with Gasteiger partial charge in [-0.3, -0.25) is 14.5 Å². The zero-order valence-electron chi connectivity index (χ0n) is 17.0. The van der Waals surface area contributed by atoms with Crippen LogP contribution in [0.3, 0.4) is 0 Å². The van der Waals surface area contributed by atoms with Crippen molar-refractivity contribution in [2.75, 3.05) is 4.90 Å². The van der Waals surface area contributed by atoms with Gasteiger partial charge >= 0.3 is 0 Å². The molecule has 162 valence electrons. The molecule has 3 aliphatic rings. The third kappa shape index (κ3) is 2.86. The van der Waals surface area contributed by atoms with E-state index in [4.69, 9.17) is 4.74 Å². The monoisotopic (exact) mass is 450 g/mol. The fraction of sp³-hybridized carbons (Fsp3) is 0.292.